The van der Waals surface area contributed by atoms with Gasteiger partial charge in [0, 0.05) is 24.3 Å². The van der Waals surface area contributed by atoms with E-state index in [1.54, 1.807) is 42.5 Å². The fourth-order valence-corrected chi connectivity index (χ4v) is 2.96. The quantitative estimate of drug-likeness (QED) is 0.591. The van der Waals surface area contributed by atoms with E-state index >= 15 is 0 Å². The second kappa shape index (κ2) is 8.70. The number of halogens is 2. The van der Waals surface area contributed by atoms with Crippen LogP contribution in [0.5, 0.6) is 0 Å². The van der Waals surface area contributed by atoms with Crippen molar-refractivity contribution in [2.75, 3.05) is 13.2 Å². The van der Waals surface area contributed by atoms with E-state index in [9.17, 15) is 8.78 Å². The van der Waals surface area contributed by atoms with Crippen LogP contribution in [0.3, 0.4) is 0 Å². The zero-order chi connectivity index (χ0) is 18.4. The zero-order valence-electron chi connectivity index (χ0n) is 14.3. The van der Waals surface area contributed by atoms with Crippen LogP contribution in [-0.2, 0) is 11.3 Å². The number of aliphatic hydroxyl groups is 1. The summed E-state index contributed by atoms with van der Waals surface area (Å²) in [6.07, 6.45) is 0.530. The van der Waals surface area contributed by atoms with E-state index in [1.165, 1.54) is 12.1 Å². The fraction of sp³-hybridized carbons (Fsp3) is 0.182. The molecule has 4 heteroatoms. The van der Waals surface area contributed by atoms with Crippen molar-refractivity contribution in [3.8, 4) is 22.3 Å². The molecule has 0 fully saturated rings. The molecule has 3 aromatic carbocycles. The summed E-state index contributed by atoms with van der Waals surface area (Å²) in [5.41, 5.74) is 2.85. The third-order valence-corrected chi connectivity index (χ3v) is 4.16. The van der Waals surface area contributed by atoms with E-state index in [0.717, 1.165) is 5.56 Å². The Morgan fingerprint density at radius 2 is 1.35 bits per heavy atom. The van der Waals surface area contributed by atoms with Gasteiger partial charge < -0.3 is 9.84 Å². The molecule has 0 unspecified atom stereocenters. The Balaban J connectivity index is 2.13. The summed E-state index contributed by atoms with van der Waals surface area (Å²) in [7, 11) is 0. The van der Waals surface area contributed by atoms with E-state index in [0.29, 0.717) is 35.3 Å². The Hall–Kier alpha value is -2.56. The molecule has 0 amide bonds. The highest BCUT2D eigenvalue weighted by atomic mass is 19.1. The smallest absolute Gasteiger partial charge is 0.131 e. The molecule has 0 saturated heterocycles. The molecule has 0 radical (unpaired) electrons. The highest BCUT2D eigenvalue weighted by Gasteiger charge is 2.17. The van der Waals surface area contributed by atoms with Crippen molar-refractivity contribution in [3.05, 3.63) is 83.9 Å². The van der Waals surface area contributed by atoms with Crippen molar-refractivity contribution in [1.82, 2.24) is 0 Å². The monoisotopic (exact) mass is 354 g/mol. The predicted octanol–water partition coefficient (Wildman–Crippen LogP) is 5.20. The van der Waals surface area contributed by atoms with Gasteiger partial charge in [-0.2, -0.15) is 0 Å². The van der Waals surface area contributed by atoms with E-state index in [4.69, 9.17) is 9.84 Å². The molecule has 26 heavy (non-hydrogen) atoms. The molecule has 2 nitrogen and oxygen atoms in total. The van der Waals surface area contributed by atoms with Crippen molar-refractivity contribution in [1.29, 1.82) is 0 Å². The molecule has 0 saturated carbocycles. The molecule has 0 heterocycles. The van der Waals surface area contributed by atoms with Gasteiger partial charge in [0.05, 0.1) is 6.61 Å². The van der Waals surface area contributed by atoms with Crippen LogP contribution in [0.1, 0.15) is 12.0 Å². The summed E-state index contributed by atoms with van der Waals surface area (Å²) < 4.78 is 34.5. The number of hydrogen-bond donors (Lipinski definition) is 1. The molecule has 0 spiro atoms. The average molecular weight is 354 g/mol. The van der Waals surface area contributed by atoms with Crippen LogP contribution in [0.15, 0.2) is 66.7 Å². The van der Waals surface area contributed by atoms with Crippen molar-refractivity contribution in [2.24, 2.45) is 0 Å². The van der Waals surface area contributed by atoms with Crippen LogP contribution in [0.25, 0.3) is 22.3 Å². The summed E-state index contributed by atoms with van der Waals surface area (Å²) in [6.45, 7) is 0.707. The summed E-state index contributed by atoms with van der Waals surface area (Å²) in [6, 6.07) is 18.4. The van der Waals surface area contributed by atoms with Crippen molar-refractivity contribution < 1.29 is 18.6 Å². The number of ether oxygens (including phenoxy) is 1. The minimum absolute atomic E-state index is 0.0510. The molecule has 3 rings (SSSR count). The van der Waals surface area contributed by atoms with Gasteiger partial charge in [-0.15, -0.1) is 0 Å². The van der Waals surface area contributed by atoms with Gasteiger partial charge in [-0.3, -0.25) is 0 Å². The average Bonchev–Trinajstić information content (AvgIpc) is 2.66. The van der Waals surface area contributed by atoms with Crippen LogP contribution in [-0.4, -0.2) is 18.3 Å². The highest BCUT2D eigenvalue weighted by molar-refractivity contribution is 5.86. The number of hydrogen-bond acceptors (Lipinski definition) is 2. The number of benzene rings is 3. The van der Waals surface area contributed by atoms with Gasteiger partial charge in [0.2, 0.25) is 0 Å². The van der Waals surface area contributed by atoms with Crippen LogP contribution < -0.4 is 0 Å². The van der Waals surface area contributed by atoms with Gasteiger partial charge in [-0.1, -0.05) is 54.6 Å². The van der Waals surface area contributed by atoms with Gasteiger partial charge in [-0.05, 0) is 35.2 Å². The second-order valence-corrected chi connectivity index (χ2v) is 5.93. The van der Waals surface area contributed by atoms with Gasteiger partial charge in [0.15, 0.2) is 0 Å². The number of aliphatic hydroxyl groups excluding tert-OH is 1. The normalized spacial score (nSPS) is 10.9. The van der Waals surface area contributed by atoms with E-state index < -0.39 is 0 Å². The Labute approximate surface area is 151 Å². The first-order valence-electron chi connectivity index (χ1n) is 8.52. The standard InChI is InChI=1S/C22H20F2O2/c23-20-11-3-1-8-17(20)18-10-5-7-16(15-26-14-6-13-25)22(18)19-9-2-4-12-21(19)24/h1-5,7-12,25H,6,13-15H2. The molecule has 0 aromatic heterocycles. The molecule has 0 aliphatic heterocycles. The fourth-order valence-electron chi connectivity index (χ4n) is 2.96. The lowest BCUT2D eigenvalue weighted by Crippen LogP contribution is -2.01. The van der Waals surface area contributed by atoms with Crippen LogP contribution in [0.4, 0.5) is 8.78 Å². The van der Waals surface area contributed by atoms with E-state index in [-0.39, 0.29) is 24.8 Å². The van der Waals surface area contributed by atoms with E-state index in [1.807, 2.05) is 12.1 Å². The summed E-state index contributed by atoms with van der Waals surface area (Å²) in [4.78, 5) is 0. The zero-order valence-corrected chi connectivity index (χ0v) is 14.3. The highest BCUT2D eigenvalue weighted by Crippen LogP contribution is 2.37. The maximum absolute atomic E-state index is 14.5. The first-order valence-corrected chi connectivity index (χ1v) is 8.52. The third kappa shape index (κ3) is 3.98. The second-order valence-electron chi connectivity index (χ2n) is 5.93. The Bertz CT molecular complexity index is 878. The van der Waals surface area contributed by atoms with Crippen LogP contribution in [0, 0.1) is 11.6 Å². The lowest BCUT2D eigenvalue weighted by molar-refractivity contribution is 0.104. The minimum Gasteiger partial charge on any atom is -0.396 e. The summed E-state index contributed by atoms with van der Waals surface area (Å²) >= 11 is 0. The van der Waals surface area contributed by atoms with Crippen molar-refractivity contribution in [2.45, 2.75) is 13.0 Å². The van der Waals surface area contributed by atoms with Gasteiger partial charge in [0.1, 0.15) is 11.6 Å². The molecule has 1 N–H and O–H groups in total. The number of rotatable bonds is 7. The Morgan fingerprint density at radius 1 is 0.731 bits per heavy atom. The molecular formula is C22H20F2O2. The first-order chi connectivity index (χ1) is 12.7. The molecular weight excluding hydrogens is 334 g/mol. The van der Waals surface area contributed by atoms with Crippen molar-refractivity contribution in [3.63, 3.8) is 0 Å². The van der Waals surface area contributed by atoms with Gasteiger partial charge in [-0.25, -0.2) is 8.78 Å². The topological polar surface area (TPSA) is 29.5 Å². The maximum Gasteiger partial charge on any atom is 0.131 e. The van der Waals surface area contributed by atoms with Gasteiger partial charge >= 0.3 is 0 Å². The van der Waals surface area contributed by atoms with Crippen LogP contribution >= 0.6 is 0 Å². The minimum atomic E-state index is -0.368. The Morgan fingerprint density at radius 3 is 2.00 bits per heavy atom. The molecule has 0 bridgehead atoms. The van der Waals surface area contributed by atoms with Crippen molar-refractivity contribution >= 4 is 0 Å². The summed E-state index contributed by atoms with van der Waals surface area (Å²) in [5.74, 6) is -0.726. The molecule has 3 aromatic rings. The maximum atomic E-state index is 14.5. The summed E-state index contributed by atoms with van der Waals surface area (Å²) in [5, 5.41) is 8.88. The predicted molar refractivity (Wildman–Crippen MR) is 98.6 cm³/mol. The molecule has 0 aliphatic rings. The molecule has 134 valence electrons. The Kier molecular flexibility index (Phi) is 6.10. The van der Waals surface area contributed by atoms with Crippen LogP contribution in [0.2, 0.25) is 0 Å². The largest absolute Gasteiger partial charge is 0.396 e. The van der Waals surface area contributed by atoms with Gasteiger partial charge in [0.25, 0.3) is 0 Å². The van der Waals surface area contributed by atoms with E-state index in [2.05, 4.69) is 0 Å². The third-order valence-electron chi connectivity index (χ3n) is 4.16. The molecule has 0 aliphatic carbocycles. The SMILES string of the molecule is OCCCOCc1cccc(-c2ccccc2F)c1-c1ccccc1F. The lowest BCUT2D eigenvalue weighted by Gasteiger charge is -2.17. The molecule has 0 atom stereocenters. The lowest BCUT2D eigenvalue weighted by atomic mass is 9.90. The first kappa shape index (κ1) is 18.2.